The summed E-state index contributed by atoms with van der Waals surface area (Å²) in [5.74, 6) is 0. The quantitative estimate of drug-likeness (QED) is 0.242. The van der Waals surface area contributed by atoms with E-state index >= 15 is 0 Å². The van der Waals surface area contributed by atoms with Crippen molar-refractivity contribution in [1.82, 2.24) is 0 Å². The Kier molecular flexibility index (Phi) is 192. The van der Waals surface area contributed by atoms with Crippen LogP contribution in [0.4, 0.5) is 0 Å². The molecule has 18 heteroatoms. The van der Waals surface area contributed by atoms with Crippen LogP contribution in [0.5, 0.6) is 0 Å². The molecule has 0 aromatic heterocycles. The summed E-state index contributed by atoms with van der Waals surface area (Å²) >= 11 is 0. The van der Waals surface area contributed by atoms with Gasteiger partial charge in [0.25, 0.3) is 0 Å². The van der Waals surface area contributed by atoms with Gasteiger partial charge in [-0.05, 0) is 0 Å². The fourth-order valence-electron chi connectivity index (χ4n) is 0. The zero-order valence-electron chi connectivity index (χ0n) is 41.0. The Labute approximate surface area is 413 Å². The van der Waals surface area contributed by atoms with E-state index in [1.54, 1.807) is 0 Å². The van der Waals surface area contributed by atoms with Crippen molar-refractivity contribution in [2.24, 2.45) is 0 Å². The van der Waals surface area contributed by atoms with Crippen LogP contribution in [0.25, 0.3) is 0 Å². The van der Waals surface area contributed by atoms with Crippen molar-refractivity contribution >= 4 is 209 Å². The Balaban J connectivity index is -0.0000000182. The van der Waals surface area contributed by atoms with Crippen molar-refractivity contribution in [3.05, 3.63) is 0 Å². The third-order valence-corrected chi connectivity index (χ3v) is 18.0. The van der Waals surface area contributed by atoms with Crippen molar-refractivity contribution < 1.29 is 0 Å². The fourth-order valence-corrected chi connectivity index (χ4v) is 0. The van der Waals surface area contributed by atoms with Crippen molar-refractivity contribution in [3.63, 3.8) is 0 Å². The van der Waals surface area contributed by atoms with Gasteiger partial charge in [-0.3, -0.25) is 0 Å². The normalized spacial score (nSPS) is 8.40. The molecule has 0 amide bonds. The molecule has 0 N–H and O–H groups in total. The molecule has 296 valence electrons. The van der Waals surface area contributed by atoms with E-state index in [0.29, 0.717) is 0 Å². The molecule has 50 heavy (non-hydrogen) atoms. The maximum Gasteiger partial charge on any atom is 0.0379 e. The van der Waals surface area contributed by atoms with Crippen LogP contribution in [0.15, 0.2) is 0 Å². The number of hydrogen-bond acceptors (Lipinski definition) is 0. The molecule has 0 aliphatic rings. The first-order valence-electron chi connectivity index (χ1n) is 16.5. The average molecular weight is 1250 g/mol. The van der Waals surface area contributed by atoms with E-state index < -0.39 is 0 Å². The molecule has 0 aromatic carbocycles. The Morgan fingerprint density at radius 2 is 0.140 bits per heavy atom. The molecule has 0 saturated carbocycles. The molecule has 0 aromatic rings. The Bertz CT molecular complexity index is 294. The predicted octanol–water partition coefficient (Wildman–Crippen LogP) is 11.8. The zero-order valence-corrected chi connectivity index (χ0v) is 65.6. The first-order valence-corrected chi connectivity index (χ1v) is 52.5. The van der Waals surface area contributed by atoms with Gasteiger partial charge in [0.1, 0.15) is 0 Å². The number of rotatable bonds is 2. The molecular weight excluding hydrogens is 1160 g/mol. The Hall–Kier alpha value is 5.86. The molecule has 0 aliphatic carbocycles. The molecule has 0 nitrogen and oxygen atoms in total. The van der Waals surface area contributed by atoms with Crippen LogP contribution < -0.4 is 0 Å². The van der Waals surface area contributed by atoms with Gasteiger partial charge in [-0.1, -0.05) is 210 Å². The van der Waals surface area contributed by atoms with Crippen LogP contribution in [-0.2, 0) is 0 Å². The molecule has 0 fully saturated rings. The maximum atomic E-state index is 2.39. The van der Waals surface area contributed by atoms with E-state index in [9.17, 15) is 0 Å². The van der Waals surface area contributed by atoms with Gasteiger partial charge in [-0.25, -0.2) is 0 Å². The minimum atomic E-state index is 0. The molecule has 0 rings (SSSR count). The smallest absolute Gasteiger partial charge is 0.0379 e. The molecule has 0 aliphatic heterocycles. The molecule has 0 atom stereocenters. The van der Waals surface area contributed by atoms with E-state index in [1.807, 2.05) is 0 Å². The van der Waals surface area contributed by atoms with E-state index in [-0.39, 0.29) is 209 Å². The second-order valence-electron chi connectivity index (χ2n) is 16.0. The standard InChI is InChI=1S/2C4H12Si2.8C3H9Si.6Ge/c2*1-5(2)6(3)4;8*1-4(2)3;;;;;;/h2*1-4H3;8*1-3H3;;;;;;. The summed E-state index contributed by atoms with van der Waals surface area (Å²) in [7, 11) is 1.56. The van der Waals surface area contributed by atoms with Crippen LogP contribution in [0.3, 0.4) is 0 Å². The van der Waals surface area contributed by atoms with Crippen molar-refractivity contribution in [2.45, 2.75) is 210 Å². The Morgan fingerprint density at radius 3 is 0.140 bits per heavy atom. The SMILES string of the molecule is C[Si](C)C.C[Si](C)C.C[Si](C)C.C[Si](C)C.C[Si](C)C.C[Si](C)C.C[Si](C)C.C[Si](C)C.C[Si](C)[Si](C)C.C[Si](C)[Si](C)C.[Ge].[Ge].[Ge].[Ge].[Ge].[Ge]. The maximum absolute atomic E-state index is 2.39. The molecule has 0 heterocycles. The molecule has 36 radical (unpaired) electrons. The zero-order chi connectivity index (χ0) is 38.9. The summed E-state index contributed by atoms with van der Waals surface area (Å²) in [6.07, 6.45) is 0. The molecular formula is C32H96Ge6Si12. The van der Waals surface area contributed by atoms with Crippen LogP contribution in [0.2, 0.25) is 210 Å². The summed E-state index contributed by atoms with van der Waals surface area (Å²) in [4.78, 5) is 0. The van der Waals surface area contributed by atoms with Crippen LogP contribution >= 0.6 is 0 Å². The largest absolute Gasteiger partial charge is 0.0735 e. The van der Waals surface area contributed by atoms with Gasteiger partial charge in [0.2, 0.25) is 0 Å². The number of hydrogen-bond donors (Lipinski definition) is 0. The predicted molar refractivity (Wildman–Crippen MR) is 291 cm³/mol. The first kappa shape index (κ1) is 106. The summed E-state index contributed by atoms with van der Waals surface area (Å²) in [6, 6.07) is 0. The second-order valence-corrected chi connectivity index (χ2v) is 60.0. The fraction of sp³-hybridized carbons (Fsp3) is 1.00. The van der Waals surface area contributed by atoms with Crippen LogP contribution in [0.1, 0.15) is 0 Å². The summed E-state index contributed by atoms with van der Waals surface area (Å²) in [5.41, 5.74) is 0. The van der Waals surface area contributed by atoms with Crippen LogP contribution in [-0.4, -0.2) is 209 Å². The molecule has 0 spiro atoms. The molecule has 0 bridgehead atoms. The summed E-state index contributed by atoms with van der Waals surface area (Å²) in [5, 5.41) is 0. The molecule has 0 saturated heterocycles. The third kappa shape index (κ3) is 783. The van der Waals surface area contributed by atoms with E-state index in [0.717, 1.165) is 0 Å². The topological polar surface area (TPSA) is 0 Å². The summed E-state index contributed by atoms with van der Waals surface area (Å²) < 4.78 is 0. The van der Waals surface area contributed by atoms with Gasteiger partial charge in [0, 0.05) is 209 Å². The van der Waals surface area contributed by atoms with Gasteiger partial charge < -0.3 is 0 Å². The van der Waals surface area contributed by atoms with Crippen molar-refractivity contribution in [2.75, 3.05) is 0 Å². The van der Waals surface area contributed by atoms with E-state index in [1.165, 1.54) is 0 Å². The van der Waals surface area contributed by atoms with Crippen molar-refractivity contribution in [3.8, 4) is 0 Å². The monoisotopic (exact) mass is 1260 g/mol. The average Bonchev–Trinajstić information content (AvgIpc) is 2.64. The van der Waals surface area contributed by atoms with Crippen molar-refractivity contribution in [1.29, 1.82) is 0 Å². The van der Waals surface area contributed by atoms with Gasteiger partial charge >= 0.3 is 0 Å². The van der Waals surface area contributed by atoms with Gasteiger partial charge in [0.05, 0.1) is 0 Å². The first-order chi connectivity index (χ1) is 19.1. The molecule has 0 unspecified atom stereocenters. The summed E-state index contributed by atoms with van der Waals surface area (Å²) in [6.45, 7) is 73.5. The minimum Gasteiger partial charge on any atom is -0.0735 e. The Morgan fingerprint density at radius 1 is 0.120 bits per heavy atom. The second kappa shape index (κ2) is 90.8. The van der Waals surface area contributed by atoms with Gasteiger partial charge in [0.15, 0.2) is 0 Å². The van der Waals surface area contributed by atoms with E-state index in [4.69, 9.17) is 0 Å². The van der Waals surface area contributed by atoms with Crippen LogP contribution in [0, 0.1) is 0 Å². The third-order valence-electron chi connectivity index (χ3n) is 2.00. The van der Waals surface area contributed by atoms with E-state index in [2.05, 4.69) is 210 Å². The van der Waals surface area contributed by atoms with Gasteiger partial charge in [-0.2, -0.15) is 0 Å². The minimum absolute atomic E-state index is 0. The van der Waals surface area contributed by atoms with Gasteiger partial charge in [-0.15, -0.1) is 0 Å².